The number of nitrogens with zero attached hydrogens (tertiary/aromatic N) is 5. The molecule has 7 nitrogen and oxygen atoms in total. The highest BCUT2D eigenvalue weighted by atomic mass is 16.2. The van der Waals surface area contributed by atoms with Crippen molar-refractivity contribution in [1.82, 2.24) is 19.2 Å². The Bertz CT molecular complexity index is 997. The van der Waals surface area contributed by atoms with Gasteiger partial charge in [0.15, 0.2) is 0 Å². The van der Waals surface area contributed by atoms with Crippen molar-refractivity contribution in [2.45, 2.75) is 38.6 Å². The van der Waals surface area contributed by atoms with Crippen LogP contribution in [-0.2, 0) is 4.79 Å². The monoisotopic (exact) mass is 325 g/mol. The van der Waals surface area contributed by atoms with Gasteiger partial charge in [-0.05, 0) is 31.0 Å². The van der Waals surface area contributed by atoms with Crippen molar-refractivity contribution in [3.05, 3.63) is 34.9 Å². The van der Waals surface area contributed by atoms with Gasteiger partial charge in [-0.2, -0.15) is 0 Å². The summed E-state index contributed by atoms with van der Waals surface area (Å²) in [6, 6.07) is 5.63. The Morgan fingerprint density at radius 3 is 2.75 bits per heavy atom. The van der Waals surface area contributed by atoms with E-state index in [1.54, 1.807) is 24.0 Å². The molecule has 1 aliphatic carbocycles. The van der Waals surface area contributed by atoms with Crippen LogP contribution in [0.15, 0.2) is 29.3 Å². The van der Waals surface area contributed by atoms with Gasteiger partial charge in [-0.25, -0.2) is 0 Å². The number of hydrogen-bond acceptors (Lipinski definition) is 4. The third kappa shape index (κ3) is 2.11. The summed E-state index contributed by atoms with van der Waals surface area (Å²) >= 11 is 0. The fourth-order valence-electron chi connectivity index (χ4n) is 3.57. The van der Waals surface area contributed by atoms with Crippen LogP contribution in [0.2, 0.25) is 0 Å². The van der Waals surface area contributed by atoms with Gasteiger partial charge in [0.1, 0.15) is 6.33 Å². The molecule has 0 saturated heterocycles. The molecule has 0 unspecified atom stereocenters. The minimum Gasteiger partial charge on any atom is -0.316 e. The van der Waals surface area contributed by atoms with E-state index >= 15 is 0 Å². The lowest BCUT2D eigenvalue weighted by molar-refractivity contribution is -0.116. The Labute approximate surface area is 138 Å². The van der Waals surface area contributed by atoms with Crippen LogP contribution in [0.5, 0.6) is 0 Å². The maximum atomic E-state index is 13.2. The normalized spacial score (nSPS) is 15.4. The predicted molar refractivity (Wildman–Crippen MR) is 91.3 cm³/mol. The van der Waals surface area contributed by atoms with Gasteiger partial charge in [0.2, 0.25) is 11.7 Å². The van der Waals surface area contributed by atoms with Crippen LogP contribution in [0.1, 0.15) is 38.6 Å². The minimum atomic E-state index is -0.0733. The Kier molecular flexibility index (Phi) is 3.37. The summed E-state index contributed by atoms with van der Waals surface area (Å²) in [6.45, 7) is 1.50. The zero-order valence-electron chi connectivity index (χ0n) is 13.8. The molecule has 0 radical (unpaired) electrons. The van der Waals surface area contributed by atoms with Crippen molar-refractivity contribution in [3.63, 3.8) is 0 Å². The number of carbonyl (C=O) groups excluding carboxylic acids is 1. The van der Waals surface area contributed by atoms with Crippen molar-refractivity contribution in [2.75, 3.05) is 11.9 Å². The third-order valence-corrected chi connectivity index (χ3v) is 4.98. The van der Waals surface area contributed by atoms with Gasteiger partial charge in [0, 0.05) is 25.7 Å². The SMILES string of the molecule is CC(=O)N(C)c1ccc2c(c1)c(=O)n(C1CCCC1)c1nncn21. The first-order chi connectivity index (χ1) is 11.6. The van der Waals surface area contributed by atoms with Crippen LogP contribution in [0.25, 0.3) is 16.7 Å². The summed E-state index contributed by atoms with van der Waals surface area (Å²) in [6.07, 6.45) is 5.87. The van der Waals surface area contributed by atoms with Gasteiger partial charge < -0.3 is 4.90 Å². The summed E-state index contributed by atoms with van der Waals surface area (Å²) in [5.41, 5.74) is 1.41. The molecule has 0 aliphatic heterocycles. The summed E-state index contributed by atoms with van der Waals surface area (Å²) in [7, 11) is 1.70. The Morgan fingerprint density at radius 2 is 2.04 bits per heavy atom. The smallest absolute Gasteiger partial charge is 0.263 e. The van der Waals surface area contributed by atoms with Gasteiger partial charge >= 0.3 is 0 Å². The van der Waals surface area contributed by atoms with E-state index in [9.17, 15) is 9.59 Å². The lowest BCUT2D eigenvalue weighted by atomic mass is 10.2. The zero-order valence-corrected chi connectivity index (χ0v) is 13.8. The molecule has 1 aliphatic rings. The first-order valence-electron chi connectivity index (χ1n) is 8.20. The van der Waals surface area contributed by atoms with Crippen LogP contribution in [0, 0.1) is 0 Å². The van der Waals surface area contributed by atoms with Gasteiger partial charge in [-0.3, -0.25) is 18.6 Å². The van der Waals surface area contributed by atoms with Crippen LogP contribution in [-0.4, -0.2) is 32.1 Å². The zero-order chi connectivity index (χ0) is 16.8. The largest absolute Gasteiger partial charge is 0.316 e. The van der Waals surface area contributed by atoms with E-state index < -0.39 is 0 Å². The van der Waals surface area contributed by atoms with Crippen molar-refractivity contribution in [1.29, 1.82) is 0 Å². The fraction of sp³-hybridized carbons (Fsp3) is 0.412. The number of anilines is 1. The highest BCUT2D eigenvalue weighted by Gasteiger charge is 2.23. The average molecular weight is 325 g/mol. The van der Waals surface area contributed by atoms with E-state index in [0.29, 0.717) is 16.9 Å². The molecule has 1 saturated carbocycles. The van der Waals surface area contributed by atoms with Crippen LogP contribution < -0.4 is 10.5 Å². The number of aromatic nitrogens is 4. The molecule has 24 heavy (non-hydrogen) atoms. The Balaban J connectivity index is 2.03. The number of fused-ring (bicyclic) bond motifs is 3. The van der Waals surface area contributed by atoms with E-state index in [1.165, 1.54) is 11.8 Å². The molecular formula is C17H19N5O2. The molecule has 1 fully saturated rings. The van der Waals surface area contributed by atoms with E-state index in [2.05, 4.69) is 10.2 Å². The van der Waals surface area contributed by atoms with Crippen molar-refractivity contribution < 1.29 is 4.79 Å². The summed E-state index contributed by atoms with van der Waals surface area (Å²) in [5.74, 6) is 0.517. The van der Waals surface area contributed by atoms with Crippen molar-refractivity contribution in [2.24, 2.45) is 0 Å². The lowest BCUT2D eigenvalue weighted by Gasteiger charge is -2.18. The Morgan fingerprint density at radius 1 is 1.29 bits per heavy atom. The molecule has 2 aromatic heterocycles. The molecule has 1 amide bonds. The molecular weight excluding hydrogens is 306 g/mol. The first-order valence-corrected chi connectivity index (χ1v) is 8.20. The van der Waals surface area contributed by atoms with Gasteiger partial charge in [0.25, 0.3) is 5.56 Å². The number of carbonyl (C=O) groups is 1. The van der Waals surface area contributed by atoms with Crippen LogP contribution >= 0.6 is 0 Å². The summed E-state index contributed by atoms with van der Waals surface area (Å²) < 4.78 is 3.63. The molecule has 0 bridgehead atoms. The number of amides is 1. The molecule has 2 heterocycles. The summed E-state index contributed by atoms with van der Waals surface area (Å²) in [5, 5.41) is 8.75. The van der Waals surface area contributed by atoms with E-state index in [4.69, 9.17) is 0 Å². The first kappa shape index (κ1) is 14.9. The minimum absolute atomic E-state index is 0.0591. The van der Waals surface area contributed by atoms with Gasteiger partial charge in [-0.1, -0.05) is 12.8 Å². The lowest BCUT2D eigenvalue weighted by Crippen LogP contribution is -2.27. The average Bonchev–Trinajstić information content (AvgIpc) is 3.25. The number of hydrogen-bond donors (Lipinski definition) is 0. The molecule has 124 valence electrons. The molecule has 0 spiro atoms. The molecule has 1 aromatic carbocycles. The second-order valence-corrected chi connectivity index (χ2v) is 6.39. The fourth-order valence-corrected chi connectivity index (χ4v) is 3.57. The van der Waals surface area contributed by atoms with E-state index in [0.717, 1.165) is 31.2 Å². The Hall–Kier alpha value is -2.70. The number of rotatable bonds is 2. The maximum absolute atomic E-state index is 13.2. The van der Waals surface area contributed by atoms with Gasteiger partial charge in [-0.15, -0.1) is 10.2 Å². The molecule has 3 aromatic rings. The van der Waals surface area contributed by atoms with Crippen molar-refractivity contribution >= 4 is 28.3 Å². The van der Waals surface area contributed by atoms with Gasteiger partial charge in [0.05, 0.1) is 10.9 Å². The van der Waals surface area contributed by atoms with Crippen LogP contribution in [0.4, 0.5) is 5.69 Å². The highest BCUT2D eigenvalue weighted by Crippen LogP contribution is 2.30. The van der Waals surface area contributed by atoms with E-state index in [1.807, 2.05) is 16.5 Å². The second kappa shape index (κ2) is 5.43. The second-order valence-electron chi connectivity index (χ2n) is 6.39. The molecule has 4 rings (SSSR count). The standard InChI is InChI=1S/C17H19N5O2/c1-11(23)20(2)13-7-8-15-14(9-13)16(24)22(12-5-3-4-6-12)17-19-18-10-21(15)17/h7-10,12H,3-6H2,1-2H3. The van der Waals surface area contributed by atoms with E-state index in [-0.39, 0.29) is 17.5 Å². The predicted octanol–water partition coefficient (Wildman–Crippen LogP) is 2.14. The third-order valence-electron chi connectivity index (χ3n) is 4.98. The highest BCUT2D eigenvalue weighted by molar-refractivity contribution is 5.94. The molecule has 7 heteroatoms. The van der Waals surface area contributed by atoms with Crippen LogP contribution in [0.3, 0.4) is 0 Å². The topological polar surface area (TPSA) is 72.5 Å². The quantitative estimate of drug-likeness (QED) is 0.723. The van der Waals surface area contributed by atoms with Crippen molar-refractivity contribution in [3.8, 4) is 0 Å². The summed E-state index contributed by atoms with van der Waals surface area (Å²) in [4.78, 5) is 26.3. The molecule has 0 atom stereocenters. The number of benzene rings is 1. The maximum Gasteiger partial charge on any atom is 0.263 e. The molecule has 0 N–H and O–H groups in total.